The van der Waals surface area contributed by atoms with Crippen molar-refractivity contribution >= 4 is 17.5 Å². The highest BCUT2D eigenvalue weighted by Crippen LogP contribution is 2.37. The average Bonchev–Trinajstić information content (AvgIpc) is 2.78. The van der Waals surface area contributed by atoms with E-state index >= 15 is 0 Å². The Bertz CT molecular complexity index is 834. The number of aromatic nitrogens is 2. The zero-order valence-electron chi connectivity index (χ0n) is 13.9. The lowest BCUT2D eigenvalue weighted by Gasteiger charge is -2.26. The second-order valence-corrected chi connectivity index (χ2v) is 6.89. The zero-order chi connectivity index (χ0) is 17.3. The first-order valence-corrected chi connectivity index (χ1v) is 8.12. The van der Waals surface area contributed by atoms with Gasteiger partial charge in [0.1, 0.15) is 5.15 Å². The van der Waals surface area contributed by atoms with E-state index in [1.807, 2.05) is 25.2 Å². The number of pyridine rings is 2. The van der Waals surface area contributed by atoms with Gasteiger partial charge >= 0.3 is 0 Å². The maximum atomic E-state index is 12.4. The summed E-state index contributed by atoms with van der Waals surface area (Å²) in [5.74, 6) is 5.95. The number of likely N-dealkylation sites (tertiary alicyclic amines) is 1. The van der Waals surface area contributed by atoms with E-state index in [2.05, 4.69) is 35.7 Å². The first-order valence-electron chi connectivity index (χ1n) is 7.74. The second kappa shape index (κ2) is 6.26. The van der Waals surface area contributed by atoms with Gasteiger partial charge in [0, 0.05) is 30.5 Å². The topological polar surface area (TPSA) is 46.1 Å². The summed E-state index contributed by atoms with van der Waals surface area (Å²) in [5.41, 5.74) is 2.11. The van der Waals surface area contributed by atoms with E-state index in [9.17, 15) is 4.79 Å². The van der Waals surface area contributed by atoms with Gasteiger partial charge in [0.2, 0.25) is 5.91 Å². The molecule has 5 heteroatoms. The molecule has 1 aliphatic rings. The van der Waals surface area contributed by atoms with E-state index in [1.165, 1.54) is 0 Å². The molecule has 3 heterocycles. The number of amides is 1. The summed E-state index contributed by atoms with van der Waals surface area (Å²) in [4.78, 5) is 22.6. The Morgan fingerprint density at radius 2 is 2.04 bits per heavy atom. The summed E-state index contributed by atoms with van der Waals surface area (Å²) in [7, 11) is 1.85. The SMILES string of the molecule is CN1C(=O)C(c2ccc(C#Cc3cccnc3Cl)cn2)CC1(C)C. The Balaban J connectivity index is 1.80. The van der Waals surface area contributed by atoms with Crippen LogP contribution in [0.25, 0.3) is 0 Å². The Morgan fingerprint density at radius 1 is 1.25 bits per heavy atom. The van der Waals surface area contributed by atoms with Gasteiger partial charge < -0.3 is 4.90 Å². The van der Waals surface area contributed by atoms with Gasteiger partial charge in [0.05, 0.1) is 17.2 Å². The van der Waals surface area contributed by atoms with Crippen molar-refractivity contribution in [3.63, 3.8) is 0 Å². The lowest BCUT2D eigenvalue weighted by atomic mass is 9.93. The van der Waals surface area contributed by atoms with Crippen molar-refractivity contribution in [3.8, 4) is 11.8 Å². The van der Waals surface area contributed by atoms with Crippen LogP contribution in [-0.2, 0) is 4.79 Å². The molecule has 0 saturated carbocycles. The van der Waals surface area contributed by atoms with Crippen LogP contribution in [0.2, 0.25) is 5.15 Å². The van der Waals surface area contributed by atoms with E-state index in [0.29, 0.717) is 10.7 Å². The minimum absolute atomic E-state index is 0.119. The summed E-state index contributed by atoms with van der Waals surface area (Å²) >= 11 is 5.99. The molecule has 4 nitrogen and oxygen atoms in total. The summed E-state index contributed by atoms with van der Waals surface area (Å²) in [5, 5.41) is 0.386. The van der Waals surface area contributed by atoms with Crippen molar-refractivity contribution in [1.29, 1.82) is 0 Å². The maximum absolute atomic E-state index is 12.4. The molecule has 1 fully saturated rings. The molecule has 3 rings (SSSR count). The number of halogens is 1. The number of likely N-dealkylation sites (N-methyl/N-ethyl adjacent to an activating group) is 1. The lowest BCUT2D eigenvalue weighted by Crippen LogP contribution is -2.37. The first-order chi connectivity index (χ1) is 11.4. The van der Waals surface area contributed by atoms with Crippen LogP contribution in [0.5, 0.6) is 0 Å². The minimum atomic E-state index is -0.181. The Morgan fingerprint density at radius 3 is 2.62 bits per heavy atom. The predicted octanol–water partition coefficient (Wildman–Crippen LogP) is 3.25. The molecule has 24 heavy (non-hydrogen) atoms. The number of carbonyl (C=O) groups excluding carboxylic acids is 1. The summed E-state index contributed by atoms with van der Waals surface area (Å²) < 4.78 is 0. The van der Waals surface area contributed by atoms with Crippen molar-refractivity contribution in [2.75, 3.05) is 7.05 Å². The number of carbonyl (C=O) groups is 1. The molecular weight excluding hydrogens is 322 g/mol. The molecular formula is C19H18ClN3O. The third-order valence-electron chi connectivity index (χ3n) is 4.48. The molecule has 0 spiro atoms. The van der Waals surface area contributed by atoms with Crippen molar-refractivity contribution < 1.29 is 4.79 Å². The lowest BCUT2D eigenvalue weighted by molar-refractivity contribution is -0.130. The fourth-order valence-electron chi connectivity index (χ4n) is 2.79. The number of hydrogen-bond acceptors (Lipinski definition) is 3. The van der Waals surface area contributed by atoms with Gasteiger partial charge in [-0.3, -0.25) is 9.78 Å². The Labute approximate surface area is 146 Å². The van der Waals surface area contributed by atoms with Crippen LogP contribution in [0.1, 0.15) is 43.0 Å². The van der Waals surface area contributed by atoms with Crippen LogP contribution in [0.3, 0.4) is 0 Å². The molecule has 1 aliphatic heterocycles. The summed E-state index contributed by atoms with van der Waals surface area (Å²) in [6.07, 6.45) is 4.10. The molecule has 1 saturated heterocycles. The normalized spacial score (nSPS) is 19.1. The molecule has 1 atom stereocenters. The van der Waals surface area contributed by atoms with E-state index in [-0.39, 0.29) is 17.4 Å². The number of nitrogens with zero attached hydrogens (tertiary/aromatic N) is 3. The zero-order valence-corrected chi connectivity index (χ0v) is 14.6. The van der Waals surface area contributed by atoms with Crippen LogP contribution < -0.4 is 0 Å². The molecule has 0 radical (unpaired) electrons. The van der Waals surface area contributed by atoms with Gasteiger partial charge in [-0.25, -0.2) is 4.98 Å². The van der Waals surface area contributed by atoms with Crippen molar-refractivity contribution in [1.82, 2.24) is 14.9 Å². The van der Waals surface area contributed by atoms with Gasteiger partial charge in [0.25, 0.3) is 0 Å². The molecule has 2 aromatic rings. The second-order valence-electron chi connectivity index (χ2n) is 6.53. The summed E-state index contributed by atoms with van der Waals surface area (Å²) in [6, 6.07) is 7.38. The molecule has 0 N–H and O–H groups in total. The van der Waals surface area contributed by atoms with Crippen LogP contribution in [-0.4, -0.2) is 33.4 Å². The molecule has 0 aliphatic carbocycles. The Kier molecular flexibility index (Phi) is 4.29. The molecule has 0 bridgehead atoms. The highest BCUT2D eigenvalue weighted by atomic mass is 35.5. The Hall–Kier alpha value is -2.38. The smallest absolute Gasteiger partial charge is 0.231 e. The molecule has 1 unspecified atom stereocenters. The van der Waals surface area contributed by atoms with Crippen LogP contribution >= 0.6 is 11.6 Å². The minimum Gasteiger partial charge on any atom is -0.340 e. The van der Waals surface area contributed by atoms with Gasteiger partial charge in [0.15, 0.2) is 0 Å². The van der Waals surface area contributed by atoms with Crippen molar-refractivity contribution in [2.24, 2.45) is 0 Å². The largest absolute Gasteiger partial charge is 0.340 e. The maximum Gasteiger partial charge on any atom is 0.231 e. The number of hydrogen-bond donors (Lipinski definition) is 0. The van der Waals surface area contributed by atoms with Crippen LogP contribution in [0.15, 0.2) is 36.7 Å². The quantitative estimate of drug-likeness (QED) is 0.592. The third-order valence-corrected chi connectivity index (χ3v) is 4.79. The first kappa shape index (κ1) is 16.5. The number of rotatable bonds is 1. The van der Waals surface area contributed by atoms with Gasteiger partial charge in [-0.2, -0.15) is 0 Å². The third kappa shape index (κ3) is 3.13. The van der Waals surface area contributed by atoms with Crippen LogP contribution in [0.4, 0.5) is 0 Å². The van der Waals surface area contributed by atoms with E-state index in [1.54, 1.807) is 23.4 Å². The van der Waals surface area contributed by atoms with Crippen LogP contribution in [0, 0.1) is 11.8 Å². The highest BCUT2D eigenvalue weighted by Gasteiger charge is 2.43. The highest BCUT2D eigenvalue weighted by molar-refractivity contribution is 6.30. The summed E-state index contributed by atoms with van der Waals surface area (Å²) in [6.45, 7) is 4.14. The fraction of sp³-hybridized carbons (Fsp3) is 0.316. The van der Waals surface area contributed by atoms with E-state index < -0.39 is 0 Å². The van der Waals surface area contributed by atoms with E-state index in [4.69, 9.17) is 11.6 Å². The van der Waals surface area contributed by atoms with Gasteiger partial charge in [-0.1, -0.05) is 23.4 Å². The van der Waals surface area contributed by atoms with E-state index in [0.717, 1.165) is 17.7 Å². The van der Waals surface area contributed by atoms with Gasteiger partial charge in [-0.15, -0.1) is 0 Å². The molecule has 2 aromatic heterocycles. The molecule has 1 amide bonds. The van der Waals surface area contributed by atoms with Crippen molar-refractivity contribution in [2.45, 2.75) is 31.7 Å². The molecule has 0 aromatic carbocycles. The monoisotopic (exact) mass is 339 g/mol. The molecule has 122 valence electrons. The fourth-order valence-corrected chi connectivity index (χ4v) is 2.96. The average molecular weight is 340 g/mol. The predicted molar refractivity (Wildman–Crippen MR) is 93.7 cm³/mol. The van der Waals surface area contributed by atoms with Crippen molar-refractivity contribution in [3.05, 3.63) is 58.6 Å². The van der Waals surface area contributed by atoms with Gasteiger partial charge in [-0.05, 0) is 44.5 Å². The standard InChI is InChI=1S/C19H18ClN3O/c1-19(2)11-15(18(24)23(19)3)16-9-7-13(12-22-16)6-8-14-5-4-10-21-17(14)20/h4-5,7,9-10,12,15H,11H2,1-3H3.